The number of hydrogen-bond donors (Lipinski definition) is 2. The Morgan fingerprint density at radius 1 is 1.47 bits per heavy atom. The van der Waals surface area contributed by atoms with E-state index >= 15 is 0 Å². The van der Waals surface area contributed by atoms with Crippen LogP contribution in [0.2, 0.25) is 0 Å². The number of hydrogen-bond acceptors (Lipinski definition) is 4. The summed E-state index contributed by atoms with van der Waals surface area (Å²) in [5.41, 5.74) is 0. The second-order valence-electron chi connectivity index (χ2n) is 3.48. The Balaban J connectivity index is 4.06. The number of alkyl halides is 1. The van der Waals surface area contributed by atoms with Gasteiger partial charge in [-0.05, 0) is 13.3 Å². The van der Waals surface area contributed by atoms with Crippen molar-refractivity contribution in [2.75, 3.05) is 31.9 Å². The van der Waals surface area contributed by atoms with E-state index in [1.54, 1.807) is 0 Å². The molecule has 0 radical (unpaired) electrons. The fraction of sp³-hybridized carbons (Fsp3) is 0.889. The summed E-state index contributed by atoms with van der Waals surface area (Å²) in [7, 11) is -1.93. The van der Waals surface area contributed by atoms with E-state index in [9.17, 15) is 13.2 Å². The lowest BCUT2D eigenvalue weighted by molar-refractivity contribution is -0.122. The first-order valence-electron chi connectivity index (χ1n) is 5.25. The van der Waals surface area contributed by atoms with Crippen molar-refractivity contribution in [2.45, 2.75) is 19.4 Å². The van der Waals surface area contributed by atoms with Crippen LogP contribution in [0.4, 0.5) is 0 Å². The van der Waals surface area contributed by atoms with Crippen molar-refractivity contribution in [1.29, 1.82) is 0 Å². The van der Waals surface area contributed by atoms with Crippen molar-refractivity contribution < 1.29 is 17.9 Å². The van der Waals surface area contributed by atoms with Gasteiger partial charge in [0.05, 0.1) is 18.4 Å². The van der Waals surface area contributed by atoms with Crippen LogP contribution in [0.3, 0.4) is 0 Å². The van der Waals surface area contributed by atoms with Gasteiger partial charge >= 0.3 is 0 Å². The minimum atomic E-state index is -3.45. The number of ether oxygens (including phenoxy) is 1. The summed E-state index contributed by atoms with van der Waals surface area (Å²) in [4.78, 5) is 11.4. The molecule has 17 heavy (non-hydrogen) atoms. The van der Waals surface area contributed by atoms with Crippen LogP contribution in [-0.4, -0.2) is 52.3 Å². The third-order valence-electron chi connectivity index (χ3n) is 1.90. The van der Waals surface area contributed by atoms with Gasteiger partial charge in [0, 0.05) is 19.5 Å². The molecular weight excluding hydrogens is 268 g/mol. The molecule has 0 bridgehead atoms. The highest BCUT2D eigenvalue weighted by Gasteiger charge is 2.19. The molecule has 1 atom stereocenters. The summed E-state index contributed by atoms with van der Waals surface area (Å²) in [5, 5.41) is 2.55. The van der Waals surface area contributed by atoms with Crippen LogP contribution in [0, 0.1) is 0 Å². The van der Waals surface area contributed by atoms with Gasteiger partial charge in [-0.3, -0.25) is 4.79 Å². The first kappa shape index (κ1) is 16.6. The first-order valence-corrected chi connectivity index (χ1v) is 7.44. The van der Waals surface area contributed by atoms with Crippen molar-refractivity contribution in [3.8, 4) is 0 Å². The minimum absolute atomic E-state index is 0.0772. The average Bonchev–Trinajstić information content (AvgIpc) is 2.26. The Hall–Kier alpha value is -0.370. The molecule has 1 unspecified atom stereocenters. The van der Waals surface area contributed by atoms with Gasteiger partial charge in [-0.2, -0.15) is 0 Å². The maximum absolute atomic E-state index is 11.5. The molecule has 0 heterocycles. The maximum Gasteiger partial charge on any atom is 0.237 e. The number of nitrogens with one attached hydrogen (secondary N) is 2. The molecule has 1 amide bonds. The molecule has 0 aliphatic rings. The third kappa shape index (κ3) is 8.37. The van der Waals surface area contributed by atoms with Crippen LogP contribution >= 0.6 is 11.6 Å². The van der Waals surface area contributed by atoms with E-state index in [0.717, 1.165) is 0 Å². The summed E-state index contributed by atoms with van der Waals surface area (Å²) < 4.78 is 30.0. The number of carbonyl (C=O) groups excluding carboxylic acids is 1. The van der Waals surface area contributed by atoms with Gasteiger partial charge in [0.25, 0.3) is 0 Å². The molecule has 0 spiro atoms. The summed E-state index contributed by atoms with van der Waals surface area (Å²) >= 11 is 5.41. The minimum Gasteiger partial charge on any atom is -0.383 e. The van der Waals surface area contributed by atoms with Gasteiger partial charge in [0.1, 0.15) is 0 Å². The van der Waals surface area contributed by atoms with Gasteiger partial charge in [0.15, 0.2) is 0 Å². The lowest BCUT2D eigenvalue weighted by atomic mass is 10.3. The molecule has 6 nitrogen and oxygen atoms in total. The zero-order valence-electron chi connectivity index (χ0n) is 10.0. The number of amides is 1. The molecule has 2 N–H and O–H groups in total. The van der Waals surface area contributed by atoms with Crippen LogP contribution in [0.5, 0.6) is 0 Å². The molecule has 0 aromatic carbocycles. The third-order valence-corrected chi connectivity index (χ3v) is 3.71. The summed E-state index contributed by atoms with van der Waals surface area (Å²) in [6, 6.07) is -0.799. The van der Waals surface area contributed by atoms with E-state index in [1.165, 1.54) is 14.0 Å². The van der Waals surface area contributed by atoms with Gasteiger partial charge < -0.3 is 10.1 Å². The predicted octanol–water partition coefficient (Wildman–Crippen LogP) is -0.314. The molecule has 0 aromatic rings. The first-order chi connectivity index (χ1) is 7.93. The Morgan fingerprint density at radius 2 is 2.12 bits per heavy atom. The van der Waals surface area contributed by atoms with Crippen LogP contribution < -0.4 is 10.0 Å². The second kappa shape index (κ2) is 8.68. The van der Waals surface area contributed by atoms with E-state index in [-0.39, 0.29) is 17.5 Å². The van der Waals surface area contributed by atoms with Crippen LogP contribution in [0.1, 0.15) is 13.3 Å². The number of rotatable bonds is 9. The van der Waals surface area contributed by atoms with Crippen molar-refractivity contribution in [3.63, 3.8) is 0 Å². The highest BCUT2D eigenvalue weighted by Crippen LogP contribution is 1.94. The fourth-order valence-electron chi connectivity index (χ4n) is 1.06. The van der Waals surface area contributed by atoms with E-state index in [1.807, 2.05) is 0 Å². The Labute approximate surface area is 107 Å². The number of sulfonamides is 1. The highest BCUT2D eigenvalue weighted by molar-refractivity contribution is 7.89. The molecule has 0 saturated carbocycles. The van der Waals surface area contributed by atoms with Crippen molar-refractivity contribution in [2.24, 2.45) is 0 Å². The van der Waals surface area contributed by atoms with Gasteiger partial charge in [-0.1, -0.05) is 0 Å². The van der Waals surface area contributed by atoms with E-state index in [4.69, 9.17) is 16.3 Å². The summed E-state index contributed by atoms with van der Waals surface area (Å²) in [6.45, 7) is 2.22. The maximum atomic E-state index is 11.5. The molecule has 0 aliphatic carbocycles. The smallest absolute Gasteiger partial charge is 0.237 e. The zero-order valence-corrected chi connectivity index (χ0v) is 11.6. The molecule has 8 heteroatoms. The van der Waals surface area contributed by atoms with Crippen molar-refractivity contribution >= 4 is 27.5 Å². The summed E-state index contributed by atoms with van der Waals surface area (Å²) in [6.07, 6.45) is 0.356. The van der Waals surface area contributed by atoms with E-state index < -0.39 is 16.1 Å². The van der Waals surface area contributed by atoms with E-state index in [0.29, 0.717) is 19.6 Å². The Kier molecular flexibility index (Phi) is 8.49. The molecule has 0 aromatic heterocycles. The molecule has 0 rings (SSSR count). The second-order valence-corrected chi connectivity index (χ2v) is 5.74. The Bertz CT molecular complexity index is 321. The van der Waals surface area contributed by atoms with Gasteiger partial charge in [0.2, 0.25) is 15.9 Å². The van der Waals surface area contributed by atoms with Crippen molar-refractivity contribution in [1.82, 2.24) is 10.0 Å². The van der Waals surface area contributed by atoms with Crippen LogP contribution in [-0.2, 0) is 19.6 Å². The number of methoxy groups -OCH3 is 1. The predicted molar refractivity (Wildman–Crippen MR) is 66.6 cm³/mol. The number of carbonyl (C=O) groups is 1. The largest absolute Gasteiger partial charge is 0.383 e. The molecule has 0 saturated heterocycles. The standard InChI is InChI=1S/C9H19ClN2O4S/c1-8(9(13)11-5-6-16-2)12-17(14,15)7-3-4-10/h8,12H,3-7H2,1-2H3,(H,11,13). The number of halogens is 1. The summed E-state index contributed by atoms with van der Waals surface area (Å²) in [5.74, 6) is -0.182. The lowest BCUT2D eigenvalue weighted by Crippen LogP contribution is -2.46. The zero-order chi connectivity index (χ0) is 13.3. The highest BCUT2D eigenvalue weighted by atomic mass is 35.5. The van der Waals surface area contributed by atoms with E-state index in [2.05, 4.69) is 10.0 Å². The van der Waals surface area contributed by atoms with Crippen LogP contribution in [0.25, 0.3) is 0 Å². The Morgan fingerprint density at radius 3 is 2.65 bits per heavy atom. The monoisotopic (exact) mass is 286 g/mol. The molecule has 0 aliphatic heterocycles. The lowest BCUT2D eigenvalue weighted by Gasteiger charge is -2.13. The topological polar surface area (TPSA) is 84.5 Å². The van der Waals surface area contributed by atoms with Gasteiger partial charge in [-0.25, -0.2) is 13.1 Å². The average molecular weight is 287 g/mol. The molecule has 102 valence electrons. The molecular formula is C9H19ClN2O4S. The quantitative estimate of drug-likeness (QED) is 0.450. The van der Waals surface area contributed by atoms with Crippen molar-refractivity contribution in [3.05, 3.63) is 0 Å². The fourth-order valence-corrected chi connectivity index (χ4v) is 2.64. The SMILES string of the molecule is COCCNC(=O)C(C)NS(=O)(=O)CCCCl. The van der Waals surface area contributed by atoms with Crippen LogP contribution in [0.15, 0.2) is 0 Å². The molecule has 0 fully saturated rings. The normalized spacial score (nSPS) is 13.4. The van der Waals surface area contributed by atoms with Gasteiger partial charge in [-0.15, -0.1) is 11.6 Å².